The summed E-state index contributed by atoms with van der Waals surface area (Å²) in [5.74, 6) is -0.442. The molecule has 0 amide bonds. The standard InChI is InChI=1S/C19H13F6N3O3S/c1-32(30)17-26-14(8-15(27-17)18(20,21)22)12-4-7-16(29)28(10-12)9-11-2-5-13(6-3-11)31-19(23,24)25/h2-8,10H,9H2,1H3. The Labute approximate surface area is 179 Å². The van der Waals surface area contributed by atoms with Crippen molar-refractivity contribution in [3.05, 3.63) is 70.3 Å². The Hall–Kier alpha value is -3.06. The predicted molar refractivity (Wildman–Crippen MR) is 101 cm³/mol. The molecule has 6 nitrogen and oxygen atoms in total. The lowest BCUT2D eigenvalue weighted by Gasteiger charge is -2.12. The summed E-state index contributed by atoms with van der Waals surface area (Å²) >= 11 is -1.89. The van der Waals surface area contributed by atoms with Gasteiger partial charge < -0.3 is 13.9 Å². The maximum absolute atomic E-state index is 13.2. The molecule has 0 spiro atoms. The van der Waals surface area contributed by atoms with E-state index in [9.17, 15) is 35.7 Å². The van der Waals surface area contributed by atoms with E-state index in [0.29, 0.717) is 11.6 Å². The fourth-order valence-electron chi connectivity index (χ4n) is 2.65. The maximum Gasteiger partial charge on any atom is 0.573 e. The number of rotatable bonds is 5. The van der Waals surface area contributed by atoms with E-state index in [2.05, 4.69) is 14.7 Å². The molecule has 170 valence electrons. The van der Waals surface area contributed by atoms with Gasteiger partial charge in [0, 0.05) is 29.0 Å². The SMILES string of the molecule is C[S+]([O-])c1nc(-c2ccc(=O)n(Cc3ccc(OC(F)(F)F)cc3)c2)cc(C(F)(F)F)n1. The molecule has 1 unspecified atom stereocenters. The third-order valence-corrected chi connectivity index (χ3v) is 4.74. The Kier molecular flexibility index (Phi) is 6.51. The summed E-state index contributed by atoms with van der Waals surface area (Å²) in [5, 5.41) is -0.521. The molecule has 2 heterocycles. The molecule has 0 radical (unpaired) electrons. The van der Waals surface area contributed by atoms with Crippen molar-refractivity contribution < 1.29 is 35.6 Å². The molecule has 0 saturated heterocycles. The van der Waals surface area contributed by atoms with Gasteiger partial charge in [0.2, 0.25) is 0 Å². The number of benzene rings is 1. The van der Waals surface area contributed by atoms with Crippen molar-refractivity contribution in [1.82, 2.24) is 14.5 Å². The molecule has 3 aromatic rings. The van der Waals surface area contributed by atoms with E-state index in [-0.39, 0.29) is 17.8 Å². The minimum atomic E-state index is -4.85. The Balaban J connectivity index is 1.94. The highest BCUT2D eigenvalue weighted by atomic mass is 32.2. The Morgan fingerprint density at radius 3 is 2.25 bits per heavy atom. The van der Waals surface area contributed by atoms with E-state index in [4.69, 9.17) is 0 Å². The van der Waals surface area contributed by atoms with Crippen LogP contribution in [0.5, 0.6) is 5.75 Å². The maximum atomic E-state index is 13.2. The molecule has 2 aromatic heterocycles. The first-order valence-corrected chi connectivity index (χ1v) is 10.2. The zero-order valence-electron chi connectivity index (χ0n) is 16.1. The summed E-state index contributed by atoms with van der Waals surface area (Å²) in [5.41, 5.74) is -1.42. The number of halogens is 6. The van der Waals surface area contributed by atoms with Gasteiger partial charge in [0.15, 0.2) is 5.69 Å². The summed E-state index contributed by atoms with van der Waals surface area (Å²) in [7, 11) is 0. The van der Waals surface area contributed by atoms with Crippen molar-refractivity contribution in [2.75, 3.05) is 6.26 Å². The average molecular weight is 477 g/mol. The highest BCUT2D eigenvalue weighted by molar-refractivity contribution is 7.90. The van der Waals surface area contributed by atoms with Crippen molar-refractivity contribution in [2.24, 2.45) is 0 Å². The van der Waals surface area contributed by atoms with Crippen molar-refractivity contribution in [3.63, 3.8) is 0 Å². The van der Waals surface area contributed by atoms with Crippen LogP contribution in [0.25, 0.3) is 11.3 Å². The van der Waals surface area contributed by atoms with Crippen LogP contribution in [-0.4, -0.2) is 31.7 Å². The van der Waals surface area contributed by atoms with Gasteiger partial charge in [0.05, 0.1) is 12.2 Å². The second kappa shape index (κ2) is 8.82. The van der Waals surface area contributed by atoms with E-state index in [1.54, 1.807) is 0 Å². The lowest BCUT2D eigenvalue weighted by atomic mass is 10.1. The van der Waals surface area contributed by atoms with Crippen molar-refractivity contribution in [3.8, 4) is 17.0 Å². The summed E-state index contributed by atoms with van der Waals surface area (Å²) in [4.78, 5) is 19.4. The van der Waals surface area contributed by atoms with Crippen LogP contribution < -0.4 is 10.3 Å². The van der Waals surface area contributed by atoms with Crippen molar-refractivity contribution in [2.45, 2.75) is 24.2 Å². The highest BCUT2D eigenvalue weighted by Gasteiger charge is 2.35. The van der Waals surface area contributed by atoms with Gasteiger partial charge in [-0.15, -0.1) is 13.2 Å². The zero-order valence-corrected chi connectivity index (χ0v) is 16.9. The first-order chi connectivity index (χ1) is 14.8. The summed E-state index contributed by atoms with van der Waals surface area (Å²) in [6.07, 6.45) is -7.28. The smallest absolute Gasteiger partial charge is 0.573 e. The van der Waals surface area contributed by atoms with E-state index < -0.39 is 45.9 Å². The largest absolute Gasteiger partial charge is 0.609 e. The monoisotopic (exact) mass is 477 g/mol. The van der Waals surface area contributed by atoms with Gasteiger partial charge in [-0.2, -0.15) is 23.1 Å². The van der Waals surface area contributed by atoms with Gasteiger partial charge in [-0.1, -0.05) is 12.1 Å². The molecule has 0 aliphatic carbocycles. The van der Waals surface area contributed by atoms with E-state index >= 15 is 0 Å². The predicted octanol–water partition coefficient (Wildman–Crippen LogP) is 4.01. The molecule has 0 bridgehead atoms. The molecule has 0 saturated carbocycles. The van der Waals surface area contributed by atoms with Gasteiger partial charge in [-0.3, -0.25) is 4.79 Å². The van der Waals surface area contributed by atoms with Gasteiger partial charge in [0.25, 0.3) is 5.56 Å². The number of hydrogen-bond donors (Lipinski definition) is 0. The molecule has 32 heavy (non-hydrogen) atoms. The van der Waals surface area contributed by atoms with Crippen LogP contribution in [0.1, 0.15) is 11.3 Å². The summed E-state index contributed by atoms with van der Waals surface area (Å²) in [6, 6.07) is 7.79. The van der Waals surface area contributed by atoms with Crippen LogP contribution in [0.4, 0.5) is 26.3 Å². The number of aromatic nitrogens is 3. The van der Waals surface area contributed by atoms with Crippen LogP contribution in [0.15, 0.2) is 58.6 Å². The van der Waals surface area contributed by atoms with Crippen LogP contribution in [0, 0.1) is 0 Å². The van der Waals surface area contributed by atoms with Crippen molar-refractivity contribution >= 4 is 11.2 Å². The number of ether oxygens (including phenoxy) is 1. The molecule has 0 aliphatic rings. The fraction of sp³-hybridized carbons (Fsp3) is 0.211. The fourth-order valence-corrected chi connectivity index (χ4v) is 3.10. The molecule has 1 aromatic carbocycles. The Morgan fingerprint density at radius 2 is 1.69 bits per heavy atom. The minimum Gasteiger partial charge on any atom is -0.609 e. The quantitative estimate of drug-likeness (QED) is 0.315. The summed E-state index contributed by atoms with van der Waals surface area (Å²) < 4.78 is 92.9. The van der Waals surface area contributed by atoms with Gasteiger partial charge >= 0.3 is 17.7 Å². The van der Waals surface area contributed by atoms with Gasteiger partial charge in [0.1, 0.15) is 12.0 Å². The second-order valence-electron chi connectivity index (χ2n) is 6.45. The topological polar surface area (TPSA) is 80.1 Å². The molecule has 0 N–H and O–H groups in total. The molecule has 0 fully saturated rings. The number of nitrogens with zero attached hydrogens (tertiary/aromatic N) is 3. The Bertz CT molecular complexity index is 1160. The van der Waals surface area contributed by atoms with E-state index in [1.165, 1.54) is 24.4 Å². The lowest BCUT2D eigenvalue weighted by Crippen LogP contribution is -2.20. The average Bonchev–Trinajstić information content (AvgIpc) is 2.69. The number of alkyl halides is 6. The van der Waals surface area contributed by atoms with Crippen LogP contribution in [0.3, 0.4) is 0 Å². The second-order valence-corrected chi connectivity index (χ2v) is 7.72. The van der Waals surface area contributed by atoms with Crippen LogP contribution >= 0.6 is 0 Å². The van der Waals surface area contributed by atoms with Gasteiger partial charge in [-0.05, 0) is 29.8 Å². The Morgan fingerprint density at radius 1 is 1.03 bits per heavy atom. The first-order valence-electron chi connectivity index (χ1n) is 8.67. The number of hydrogen-bond acceptors (Lipinski definition) is 5. The summed E-state index contributed by atoms with van der Waals surface area (Å²) in [6.45, 7) is -0.0806. The third-order valence-electron chi connectivity index (χ3n) is 4.04. The highest BCUT2D eigenvalue weighted by Crippen LogP contribution is 2.31. The third kappa shape index (κ3) is 6.01. The molecule has 3 rings (SSSR count). The molecule has 13 heteroatoms. The zero-order chi connectivity index (χ0) is 23.7. The van der Waals surface area contributed by atoms with Gasteiger partial charge in [-0.25, -0.2) is 0 Å². The minimum absolute atomic E-state index is 0.0806. The molecule has 0 aliphatic heterocycles. The van der Waals surface area contributed by atoms with Crippen LogP contribution in [0.2, 0.25) is 0 Å². The van der Waals surface area contributed by atoms with Crippen molar-refractivity contribution in [1.29, 1.82) is 0 Å². The van der Waals surface area contributed by atoms with Crippen LogP contribution in [-0.2, 0) is 23.9 Å². The molecular weight excluding hydrogens is 464 g/mol. The lowest BCUT2D eigenvalue weighted by molar-refractivity contribution is -0.274. The molecular formula is C19H13F6N3O3S. The molecule has 1 atom stereocenters. The normalized spacial score (nSPS) is 13.1. The van der Waals surface area contributed by atoms with E-state index in [1.807, 2.05) is 0 Å². The first kappa shape index (κ1) is 23.6. The number of pyridine rings is 1. The van der Waals surface area contributed by atoms with E-state index in [0.717, 1.165) is 29.0 Å².